The van der Waals surface area contributed by atoms with Crippen molar-refractivity contribution in [3.8, 4) is 0 Å². The van der Waals surface area contributed by atoms with Crippen molar-refractivity contribution in [2.24, 2.45) is 17.8 Å². The summed E-state index contributed by atoms with van der Waals surface area (Å²) in [7, 11) is 0. The van der Waals surface area contributed by atoms with Crippen LogP contribution < -0.4 is 0 Å². The minimum absolute atomic E-state index is 0. The van der Waals surface area contributed by atoms with E-state index in [0.29, 0.717) is 36.4 Å². The van der Waals surface area contributed by atoms with Crippen molar-refractivity contribution in [3.63, 3.8) is 0 Å². The summed E-state index contributed by atoms with van der Waals surface area (Å²) >= 11 is 0. The maximum Gasteiger partial charge on any atom is 0.133 e. The van der Waals surface area contributed by atoms with Crippen molar-refractivity contribution in [1.29, 1.82) is 0 Å². The standard InChI is InChI=1S/C16H32O2.C16H28O2.C16H28O.CH4/c2*1-14-12-15(17)10-8-6-4-2-3-5-7-9-11-16(18)13-14;1-14-12-15-10-8-6-4-2-3-5-7-9-11-16(13-14)17-15;/h14-18H,2-13H2,1H3;14H,2-13H2,1H3;12,14,16H,2-11,13H2,1H3;1H4. The van der Waals surface area contributed by atoms with Gasteiger partial charge in [-0.25, -0.2) is 0 Å². The van der Waals surface area contributed by atoms with Crippen LogP contribution in [-0.4, -0.2) is 40.1 Å². The number of allylic oxidation sites excluding steroid dienone is 2. The predicted octanol–water partition coefficient (Wildman–Crippen LogP) is 14.3. The smallest absolute Gasteiger partial charge is 0.133 e. The molecule has 0 amide bonds. The molecule has 4 unspecified atom stereocenters. The molecule has 2 bridgehead atoms. The fourth-order valence-corrected chi connectivity index (χ4v) is 8.99. The zero-order valence-electron chi connectivity index (χ0n) is 35.4. The van der Waals surface area contributed by atoms with Gasteiger partial charge in [0.2, 0.25) is 0 Å². The predicted molar refractivity (Wildman–Crippen MR) is 231 cm³/mol. The molecule has 2 aliphatic carbocycles. The monoisotopic (exact) mass is 761 g/mol. The summed E-state index contributed by atoms with van der Waals surface area (Å²) in [6, 6.07) is 0. The number of carbonyl (C=O) groups excluding carboxylic acids is 2. The molecule has 0 spiro atoms. The summed E-state index contributed by atoms with van der Waals surface area (Å²) in [4.78, 5) is 23.5. The molecule has 4 aliphatic rings. The van der Waals surface area contributed by atoms with Crippen LogP contribution in [0.25, 0.3) is 0 Å². The van der Waals surface area contributed by atoms with E-state index >= 15 is 0 Å². The van der Waals surface area contributed by atoms with Gasteiger partial charge >= 0.3 is 0 Å². The number of aliphatic hydroxyl groups excluding tert-OH is 2. The molecule has 0 aromatic carbocycles. The normalized spacial score (nSPS) is 29.5. The lowest BCUT2D eigenvalue weighted by atomic mass is 9.93. The molecule has 2 saturated carbocycles. The highest BCUT2D eigenvalue weighted by atomic mass is 16.5. The lowest BCUT2D eigenvalue weighted by Gasteiger charge is -2.28. The molecule has 2 aliphatic heterocycles. The van der Waals surface area contributed by atoms with Crippen LogP contribution in [0, 0.1) is 17.8 Å². The van der Waals surface area contributed by atoms with Crippen molar-refractivity contribution in [2.75, 3.05) is 0 Å². The Bertz CT molecular complexity index is 883. The zero-order chi connectivity index (χ0) is 38.4. The Hall–Kier alpha value is -1.20. The lowest BCUT2D eigenvalue weighted by Crippen LogP contribution is -2.20. The van der Waals surface area contributed by atoms with Gasteiger partial charge in [0.25, 0.3) is 0 Å². The van der Waals surface area contributed by atoms with Crippen molar-refractivity contribution in [1.82, 2.24) is 0 Å². The van der Waals surface area contributed by atoms with Crippen LogP contribution in [0.15, 0.2) is 11.8 Å². The first-order valence-electron chi connectivity index (χ1n) is 23.5. The van der Waals surface area contributed by atoms with Gasteiger partial charge in [0.05, 0.1) is 24.1 Å². The number of aliphatic hydroxyl groups is 2. The lowest BCUT2D eigenvalue weighted by molar-refractivity contribution is -0.121. The Morgan fingerprint density at radius 1 is 0.463 bits per heavy atom. The van der Waals surface area contributed by atoms with E-state index in [0.717, 1.165) is 70.1 Å². The summed E-state index contributed by atoms with van der Waals surface area (Å²) in [5.41, 5.74) is 0. The van der Waals surface area contributed by atoms with Crippen molar-refractivity contribution >= 4 is 11.6 Å². The third kappa shape index (κ3) is 29.1. The Morgan fingerprint density at radius 2 is 0.815 bits per heavy atom. The van der Waals surface area contributed by atoms with Crippen LogP contribution >= 0.6 is 0 Å². The molecule has 5 nitrogen and oxygen atoms in total. The maximum atomic E-state index is 11.7. The highest BCUT2D eigenvalue weighted by Crippen LogP contribution is 2.29. The van der Waals surface area contributed by atoms with Crippen molar-refractivity contribution < 1.29 is 24.5 Å². The Labute approximate surface area is 336 Å². The van der Waals surface area contributed by atoms with Gasteiger partial charge in [-0.1, -0.05) is 157 Å². The van der Waals surface area contributed by atoms with Gasteiger partial charge < -0.3 is 14.9 Å². The minimum atomic E-state index is -0.155. The number of carbonyl (C=O) groups is 2. The zero-order valence-corrected chi connectivity index (χ0v) is 35.4. The van der Waals surface area contributed by atoms with Crippen LogP contribution in [0.2, 0.25) is 0 Å². The summed E-state index contributed by atoms with van der Waals surface area (Å²) < 4.78 is 6.13. The molecule has 5 heteroatoms. The largest absolute Gasteiger partial charge is 0.495 e. The second kappa shape index (κ2) is 33.9. The first kappa shape index (κ1) is 50.8. The van der Waals surface area contributed by atoms with E-state index in [-0.39, 0.29) is 25.6 Å². The van der Waals surface area contributed by atoms with Gasteiger partial charge in [0.1, 0.15) is 11.6 Å². The third-order valence-corrected chi connectivity index (χ3v) is 12.1. The first-order valence-corrected chi connectivity index (χ1v) is 23.5. The molecular formula is C49H92O5. The van der Waals surface area contributed by atoms with Crippen LogP contribution in [0.5, 0.6) is 0 Å². The second-order valence-electron chi connectivity index (χ2n) is 18.2. The van der Waals surface area contributed by atoms with Crippen molar-refractivity contribution in [2.45, 2.75) is 271 Å². The third-order valence-electron chi connectivity index (χ3n) is 12.1. The second-order valence-corrected chi connectivity index (χ2v) is 18.2. The highest BCUT2D eigenvalue weighted by Gasteiger charge is 2.21. The number of hydrogen-bond acceptors (Lipinski definition) is 5. The number of Topliss-reactive ketones (excluding diaryl/α,β-unsaturated/α-hetero) is 2. The average Bonchev–Trinajstić information content (AvgIpc) is 3.10. The summed E-state index contributed by atoms with van der Waals surface area (Å²) in [6.07, 6.45) is 43.6. The summed E-state index contributed by atoms with van der Waals surface area (Å²) in [5, 5.41) is 19.9. The molecule has 2 heterocycles. The Kier molecular flexibility index (Phi) is 31.9. The Balaban J connectivity index is 0.000000401. The number of ether oxygens (including phenoxy) is 1. The number of ketones is 2. The molecule has 0 aromatic rings. The molecule has 318 valence electrons. The van der Waals surface area contributed by atoms with Gasteiger partial charge in [-0.05, 0) is 88.0 Å². The molecule has 1 saturated heterocycles. The quantitative estimate of drug-likeness (QED) is 0.257. The fourth-order valence-electron chi connectivity index (χ4n) is 8.99. The van der Waals surface area contributed by atoms with Gasteiger partial charge in [-0.3, -0.25) is 9.59 Å². The van der Waals surface area contributed by atoms with E-state index in [1.807, 2.05) is 6.92 Å². The average molecular weight is 761 g/mol. The van der Waals surface area contributed by atoms with E-state index in [4.69, 9.17) is 4.74 Å². The van der Waals surface area contributed by atoms with Crippen LogP contribution in [0.4, 0.5) is 0 Å². The summed E-state index contributed by atoms with van der Waals surface area (Å²) in [6.45, 7) is 6.53. The SMILES string of the molecule is C.CC1C=C2CCCCCCCCCCC(C1)O2.CC1CC(=O)CCCCCCCCCCC(=O)C1.CC1CC(O)CCCCCCCCCCC(O)C1. The minimum Gasteiger partial charge on any atom is -0.495 e. The van der Waals surface area contributed by atoms with E-state index < -0.39 is 0 Å². The van der Waals surface area contributed by atoms with E-state index in [1.54, 1.807) is 0 Å². The Morgan fingerprint density at radius 3 is 1.24 bits per heavy atom. The fraction of sp³-hybridized carbons (Fsp3) is 0.918. The molecule has 2 N–H and O–H groups in total. The van der Waals surface area contributed by atoms with E-state index in [9.17, 15) is 19.8 Å². The van der Waals surface area contributed by atoms with Crippen LogP contribution in [0.1, 0.15) is 253 Å². The van der Waals surface area contributed by atoms with Gasteiger partial charge in [0.15, 0.2) is 0 Å². The number of hydrogen-bond donors (Lipinski definition) is 2. The highest BCUT2D eigenvalue weighted by molar-refractivity contribution is 5.81. The molecule has 4 atom stereocenters. The number of rotatable bonds is 0. The topological polar surface area (TPSA) is 83.8 Å². The number of fused-ring (bicyclic) bond motifs is 2. The van der Waals surface area contributed by atoms with Gasteiger partial charge in [-0.2, -0.15) is 0 Å². The maximum absolute atomic E-state index is 11.7. The van der Waals surface area contributed by atoms with Gasteiger partial charge in [-0.15, -0.1) is 0 Å². The molecule has 3 fully saturated rings. The van der Waals surface area contributed by atoms with Gasteiger partial charge in [0, 0.05) is 32.1 Å². The van der Waals surface area contributed by atoms with Crippen molar-refractivity contribution in [3.05, 3.63) is 11.8 Å². The molecule has 0 aromatic heterocycles. The molecule has 54 heavy (non-hydrogen) atoms. The molecule has 0 radical (unpaired) electrons. The first-order chi connectivity index (χ1) is 25.7. The van der Waals surface area contributed by atoms with E-state index in [2.05, 4.69) is 19.9 Å². The molecular weight excluding hydrogens is 669 g/mol. The van der Waals surface area contributed by atoms with Crippen LogP contribution in [0.3, 0.4) is 0 Å². The molecule has 4 rings (SSSR count). The van der Waals surface area contributed by atoms with Crippen LogP contribution in [-0.2, 0) is 14.3 Å². The van der Waals surface area contributed by atoms with E-state index in [1.165, 1.54) is 153 Å². The summed E-state index contributed by atoms with van der Waals surface area (Å²) in [5.74, 6) is 3.42.